The molecule has 1 aliphatic heterocycles. The Morgan fingerprint density at radius 3 is 2.50 bits per heavy atom. The number of thioether (sulfide) groups is 1. The van der Waals surface area contributed by atoms with Crippen molar-refractivity contribution in [3.63, 3.8) is 0 Å². The molecular formula is C23H27ClN2OS. The summed E-state index contributed by atoms with van der Waals surface area (Å²) in [5.74, 6) is 2.52. The van der Waals surface area contributed by atoms with Crippen molar-refractivity contribution in [2.24, 2.45) is 0 Å². The minimum atomic E-state index is -0.420. The first-order valence-electron chi connectivity index (χ1n) is 10.0. The van der Waals surface area contributed by atoms with Gasteiger partial charge in [0.2, 0.25) is 5.91 Å². The Kier molecular flexibility index (Phi) is 6.00. The van der Waals surface area contributed by atoms with Gasteiger partial charge >= 0.3 is 0 Å². The molecule has 1 aliphatic carbocycles. The molecule has 0 aromatic heterocycles. The van der Waals surface area contributed by atoms with Crippen molar-refractivity contribution in [1.29, 1.82) is 0 Å². The van der Waals surface area contributed by atoms with E-state index in [-0.39, 0.29) is 5.91 Å². The minimum absolute atomic E-state index is 0.107. The number of amides is 1. The molecule has 2 aromatic carbocycles. The van der Waals surface area contributed by atoms with E-state index < -0.39 is 5.41 Å². The fourth-order valence-corrected chi connectivity index (χ4v) is 5.21. The average molecular weight is 415 g/mol. The highest BCUT2D eigenvalue weighted by atomic mass is 35.5. The van der Waals surface area contributed by atoms with E-state index in [9.17, 15) is 4.79 Å². The molecule has 4 rings (SSSR count). The molecule has 1 heterocycles. The quantitative estimate of drug-likeness (QED) is 0.724. The van der Waals surface area contributed by atoms with Crippen LogP contribution < -0.4 is 5.32 Å². The summed E-state index contributed by atoms with van der Waals surface area (Å²) in [6.45, 7) is 5.29. The second-order valence-corrected chi connectivity index (χ2v) is 9.60. The van der Waals surface area contributed by atoms with E-state index >= 15 is 0 Å². The third-order valence-electron chi connectivity index (χ3n) is 6.10. The van der Waals surface area contributed by atoms with Gasteiger partial charge in [-0.1, -0.05) is 42.3 Å². The van der Waals surface area contributed by atoms with Gasteiger partial charge in [0.15, 0.2) is 0 Å². The second kappa shape index (κ2) is 8.48. The summed E-state index contributed by atoms with van der Waals surface area (Å²) in [5, 5.41) is 3.96. The summed E-state index contributed by atoms with van der Waals surface area (Å²) in [6.07, 6.45) is 2.87. The van der Waals surface area contributed by atoms with Gasteiger partial charge in [-0.25, -0.2) is 0 Å². The van der Waals surface area contributed by atoms with E-state index in [1.165, 1.54) is 17.1 Å². The molecule has 1 amide bonds. The molecule has 0 spiro atoms. The molecule has 1 saturated heterocycles. The Labute approximate surface area is 176 Å². The molecule has 2 aliphatic rings. The van der Waals surface area contributed by atoms with Crippen LogP contribution in [0.4, 0.5) is 5.69 Å². The predicted octanol–water partition coefficient (Wildman–Crippen LogP) is 5.26. The number of nitrogens with zero attached hydrogens (tertiary/aromatic N) is 1. The maximum atomic E-state index is 13.3. The van der Waals surface area contributed by atoms with Gasteiger partial charge < -0.3 is 5.32 Å². The van der Waals surface area contributed by atoms with Gasteiger partial charge in [-0.2, -0.15) is 11.8 Å². The number of anilines is 1. The average Bonchev–Trinajstić information content (AvgIpc) is 2.66. The second-order valence-electron chi connectivity index (χ2n) is 7.93. The Morgan fingerprint density at radius 1 is 1.14 bits per heavy atom. The number of halogens is 1. The lowest BCUT2D eigenvalue weighted by Crippen LogP contribution is -2.46. The predicted molar refractivity (Wildman–Crippen MR) is 119 cm³/mol. The molecule has 3 nitrogen and oxygen atoms in total. The Bertz CT molecular complexity index is 842. The van der Waals surface area contributed by atoms with E-state index in [4.69, 9.17) is 11.6 Å². The summed E-state index contributed by atoms with van der Waals surface area (Å²) in [4.78, 5) is 15.8. The van der Waals surface area contributed by atoms with Crippen molar-refractivity contribution in [1.82, 2.24) is 4.90 Å². The van der Waals surface area contributed by atoms with Crippen LogP contribution in [0.2, 0.25) is 5.02 Å². The maximum absolute atomic E-state index is 13.3. The number of hydrogen-bond acceptors (Lipinski definition) is 3. The van der Waals surface area contributed by atoms with Gasteiger partial charge in [0, 0.05) is 41.8 Å². The van der Waals surface area contributed by atoms with E-state index in [2.05, 4.69) is 35.3 Å². The summed E-state index contributed by atoms with van der Waals surface area (Å²) in [5.41, 5.74) is 3.96. The number of aryl methyl sites for hydroxylation is 1. The van der Waals surface area contributed by atoms with Gasteiger partial charge in [-0.15, -0.1) is 0 Å². The molecule has 0 atom stereocenters. The van der Waals surface area contributed by atoms with E-state index in [1.807, 2.05) is 36.0 Å². The van der Waals surface area contributed by atoms with Crippen molar-refractivity contribution in [2.45, 2.75) is 38.1 Å². The van der Waals surface area contributed by atoms with E-state index in [1.54, 1.807) is 0 Å². The van der Waals surface area contributed by atoms with Crippen molar-refractivity contribution in [3.05, 3.63) is 64.2 Å². The zero-order valence-electron chi connectivity index (χ0n) is 16.3. The van der Waals surface area contributed by atoms with E-state index in [0.29, 0.717) is 5.02 Å². The monoisotopic (exact) mass is 414 g/mol. The summed E-state index contributed by atoms with van der Waals surface area (Å²) in [6, 6.07) is 14.2. The Balaban J connectivity index is 1.51. The lowest BCUT2D eigenvalue weighted by Gasteiger charge is -2.41. The first kappa shape index (κ1) is 19.8. The molecule has 1 N–H and O–H groups in total. The molecule has 0 unspecified atom stereocenters. The van der Waals surface area contributed by atoms with Crippen LogP contribution in [0, 0.1) is 6.92 Å². The standard InChI is InChI=1S/C23H27ClN2OS/c1-17-3-4-18(16-26-11-13-28-14-12-26)15-21(17)25-22(27)23(9-2-10-23)19-5-7-20(24)8-6-19/h3-8,15H,2,9-14,16H2,1H3,(H,25,27). The van der Waals surface area contributed by atoms with Crippen molar-refractivity contribution >= 4 is 35.0 Å². The van der Waals surface area contributed by atoms with Gasteiger partial charge in [0.25, 0.3) is 0 Å². The Morgan fingerprint density at radius 2 is 1.86 bits per heavy atom. The first-order valence-corrected chi connectivity index (χ1v) is 11.6. The molecular weight excluding hydrogens is 388 g/mol. The Hall–Kier alpha value is -1.49. The normalized spacial score (nSPS) is 19.1. The van der Waals surface area contributed by atoms with Gasteiger partial charge in [0.1, 0.15) is 0 Å². The number of nitrogens with one attached hydrogen (secondary N) is 1. The van der Waals surface area contributed by atoms with Crippen LogP contribution in [-0.2, 0) is 16.8 Å². The van der Waals surface area contributed by atoms with Crippen LogP contribution >= 0.6 is 23.4 Å². The number of carbonyl (C=O) groups is 1. The minimum Gasteiger partial charge on any atom is -0.325 e. The topological polar surface area (TPSA) is 32.3 Å². The molecule has 2 aromatic rings. The molecule has 2 fully saturated rings. The van der Waals surface area contributed by atoms with E-state index in [0.717, 1.165) is 55.7 Å². The first-order chi connectivity index (χ1) is 13.6. The molecule has 1 saturated carbocycles. The highest BCUT2D eigenvalue weighted by molar-refractivity contribution is 7.99. The van der Waals surface area contributed by atoms with Crippen LogP contribution in [0.5, 0.6) is 0 Å². The molecule has 28 heavy (non-hydrogen) atoms. The summed E-state index contributed by atoms with van der Waals surface area (Å²) < 4.78 is 0. The lowest BCUT2D eigenvalue weighted by atomic mass is 9.64. The van der Waals surface area contributed by atoms with Gasteiger partial charge in [-0.05, 0) is 54.7 Å². The fraction of sp³-hybridized carbons (Fsp3) is 0.435. The zero-order valence-corrected chi connectivity index (χ0v) is 17.9. The maximum Gasteiger partial charge on any atom is 0.235 e. The van der Waals surface area contributed by atoms with Gasteiger partial charge in [-0.3, -0.25) is 9.69 Å². The summed E-state index contributed by atoms with van der Waals surface area (Å²) in [7, 11) is 0. The van der Waals surface area contributed by atoms with Crippen LogP contribution in [0.25, 0.3) is 0 Å². The number of rotatable bonds is 5. The number of carbonyl (C=O) groups excluding carboxylic acids is 1. The fourth-order valence-electron chi connectivity index (χ4n) is 4.11. The third-order valence-corrected chi connectivity index (χ3v) is 7.29. The molecule has 148 valence electrons. The van der Waals surface area contributed by atoms with Crippen LogP contribution in [0.3, 0.4) is 0 Å². The third kappa shape index (κ3) is 4.10. The van der Waals surface area contributed by atoms with Crippen molar-refractivity contribution in [2.75, 3.05) is 29.9 Å². The highest BCUT2D eigenvalue weighted by Gasteiger charge is 2.45. The van der Waals surface area contributed by atoms with Crippen molar-refractivity contribution < 1.29 is 4.79 Å². The van der Waals surface area contributed by atoms with Crippen LogP contribution in [0.1, 0.15) is 36.0 Å². The van der Waals surface area contributed by atoms with Crippen LogP contribution in [-0.4, -0.2) is 35.4 Å². The SMILES string of the molecule is Cc1ccc(CN2CCSCC2)cc1NC(=O)C1(c2ccc(Cl)cc2)CCC1. The smallest absolute Gasteiger partial charge is 0.235 e. The highest BCUT2D eigenvalue weighted by Crippen LogP contribution is 2.45. The zero-order chi connectivity index (χ0) is 19.6. The van der Waals surface area contributed by atoms with Gasteiger partial charge in [0.05, 0.1) is 5.41 Å². The molecule has 0 radical (unpaired) electrons. The number of hydrogen-bond donors (Lipinski definition) is 1. The largest absolute Gasteiger partial charge is 0.325 e. The molecule has 5 heteroatoms. The lowest BCUT2D eigenvalue weighted by molar-refractivity contribution is -0.124. The summed E-state index contributed by atoms with van der Waals surface area (Å²) >= 11 is 8.07. The van der Waals surface area contributed by atoms with Crippen LogP contribution in [0.15, 0.2) is 42.5 Å². The molecule has 0 bridgehead atoms. The van der Waals surface area contributed by atoms with Crippen molar-refractivity contribution in [3.8, 4) is 0 Å². The number of benzene rings is 2.